The summed E-state index contributed by atoms with van der Waals surface area (Å²) in [5.41, 5.74) is 0.712. The number of likely N-dealkylation sites (tertiary alicyclic amines) is 1. The van der Waals surface area contributed by atoms with Gasteiger partial charge >= 0.3 is 0 Å². The molecule has 3 rings (SSSR count). The number of nitrogens with one attached hydrogen (secondary N) is 1. The zero-order valence-electron chi connectivity index (χ0n) is 12.4. The van der Waals surface area contributed by atoms with Gasteiger partial charge in [0.15, 0.2) is 6.61 Å². The SMILES string of the molecule is CC1CCN(CCOc2ccc3c(c2)OCC(=O)N3)CC1. The first-order chi connectivity index (χ1) is 10.2. The minimum atomic E-state index is -0.115. The number of nitrogens with zero attached hydrogens (tertiary/aromatic N) is 1. The maximum absolute atomic E-state index is 11.2. The molecule has 1 saturated heterocycles. The zero-order chi connectivity index (χ0) is 14.7. The molecule has 5 nitrogen and oxygen atoms in total. The summed E-state index contributed by atoms with van der Waals surface area (Å²) in [6, 6.07) is 5.53. The molecule has 5 heteroatoms. The van der Waals surface area contributed by atoms with Gasteiger partial charge in [-0.25, -0.2) is 0 Å². The van der Waals surface area contributed by atoms with E-state index < -0.39 is 0 Å². The van der Waals surface area contributed by atoms with Crippen LogP contribution < -0.4 is 14.8 Å². The molecule has 114 valence electrons. The summed E-state index contributed by atoms with van der Waals surface area (Å²) in [5, 5.41) is 2.77. The van der Waals surface area contributed by atoms with Gasteiger partial charge in [0.1, 0.15) is 18.1 Å². The maximum Gasteiger partial charge on any atom is 0.262 e. The summed E-state index contributed by atoms with van der Waals surface area (Å²) in [4.78, 5) is 13.7. The fourth-order valence-corrected chi connectivity index (χ4v) is 2.72. The first-order valence-electron chi connectivity index (χ1n) is 7.62. The number of piperidine rings is 1. The molecule has 0 radical (unpaired) electrons. The molecule has 21 heavy (non-hydrogen) atoms. The third-order valence-corrected chi connectivity index (χ3v) is 4.14. The lowest BCUT2D eigenvalue weighted by atomic mass is 9.99. The quantitative estimate of drug-likeness (QED) is 0.923. The lowest BCUT2D eigenvalue weighted by Gasteiger charge is -2.30. The number of hydrogen-bond acceptors (Lipinski definition) is 4. The number of amides is 1. The molecule has 1 aromatic carbocycles. The van der Waals surface area contributed by atoms with Gasteiger partial charge in [-0.2, -0.15) is 0 Å². The highest BCUT2D eigenvalue weighted by atomic mass is 16.5. The minimum absolute atomic E-state index is 0.0718. The lowest BCUT2D eigenvalue weighted by Crippen LogP contribution is -2.35. The van der Waals surface area contributed by atoms with Crippen molar-refractivity contribution in [3.63, 3.8) is 0 Å². The number of carbonyl (C=O) groups excluding carboxylic acids is 1. The largest absolute Gasteiger partial charge is 0.492 e. The van der Waals surface area contributed by atoms with E-state index in [1.54, 1.807) is 0 Å². The molecule has 0 aromatic heterocycles. The van der Waals surface area contributed by atoms with Crippen LogP contribution in [0.25, 0.3) is 0 Å². The number of hydrogen-bond donors (Lipinski definition) is 1. The molecular formula is C16H22N2O3. The summed E-state index contributed by atoms with van der Waals surface area (Å²) in [7, 11) is 0. The molecule has 1 aromatic rings. The Labute approximate surface area is 125 Å². The normalized spacial score (nSPS) is 19.6. The predicted octanol–water partition coefficient (Wildman–Crippen LogP) is 2.13. The highest BCUT2D eigenvalue weighted by molar-refractivity contribution is 5.95. The number of carbonyl (C=O) groups is 1. The van der Waals surface area contributed by atoms with Gasteiger partial charge in [0.05, 0.1) is 5.69 Å². The summed E-state index contributed by atoms with van der Waals surface area (Å²) in [6.07, 6.45) is 2.57. The number of fused-ring (bicyclic) bond motifs is 1. The average molecular weight is 290 g/mol. The van der Waals surface area contributed by atoms with Crippen LogP contribution in [-0.4, -0.2) is 43.7 Å². The Hall–Kier alpha value is -1.75. The Balaban J connectivity index is 1.48. The highest BCUT2D eigenvalue weighted by Gasteiger charge is 2.17. The third kappa shape index (κ3) is 3.67. The standard InChI is InChI=1S/C16H22N2O3/c1-12-4-6-18(7-5-12)8-9-20-13-2-3-14-15(10-13)21-11-16(19)17-14/h2-3,10,12H,4-9,11H2,1H3,(H,17,19). The van der Waals surface area contributed by atoms with Crippen LogP contribution in [0.15, 0.2) is 18.2 Å². The Kier molecular flexibility index (Phi) is 4.29. The van der Waals surface area contributed by atoms with E-state index in [0.29, 0.717) is 18.0 Å². The third-order valence-electron chi connectivity index (χ3n) is 4.14. The van der Waals surface area contributed by atoms with Gasteiger partial charge in [0.25, 0.3) is 5.91 Å². The van der Waals surface area contributed by atoms with Gasteiger partial charge in [-0.1, -0.05) is 6.92 Å². The second kappa shape index (κ2) is 6.35. The molecule has 2 heterocycles. The van der Waals surface area contributed by atoms with Crippen LogP contribution in [0.3, 0.4) is 0 Å². The fraction of sp³-hybridized carbons (Fsp3) is 0.562. The molecule has 1 amide bonds. The van der Waals surface area contributed by atoms with Crippen molar-refractivity contribution in [1.29, 1.82) is 0 Å². The van der Waals surface area contributed by atoms with Gasteiger partial charge in [-0.3, -0.25) is 9.69 Å². The van der Waals surface area contributed by atoms with E-state index in [2.05, 4.69) is 17.1 Å². The Bertz CT molecular complexity index is 510. The van der Waals surface area contributed by atoms with Crippen molar-refractivity contribution in [3.8, 4) is 11.5 Å². The zero-order valence-corrected chi connectivity index (χ0v) is 12.4. The number of benzene rings is 1. The summed E-state index contributed by atoms with van der Waals surface area (Å²) < 4.78 is 11.2. The van der Waals surface area contributed by atoms with Crippen LogP contribution in [0.5, 0.6) is 11.5 Å². The highest BCUT2D eigenvalue weighted by Crippen LogP contribution is 2.31. The van der Waals surface area contributed by atoms with Crippen LogP contribution >= 0.6 is 0 Å². The minimum Gasteiger partial charge on any atom is -0.492 e. The van der Waals surface area contributed by atoms with Crippen molar-refractivity contribution in [3.05, 3.63) is 18.2 Å². The van der Waals surface area contributed by atoms with E-state index in [1.165, 1.54) is 25.9 Å². The summed E-state index contributed by atoms with van der Waals surface area (Å²) in [6.45, 7) is 6.37. The maximum atomic E-state index is 11.2. The van der Waals surface area contributed by atoms with Crippen LogP contribution in [0.4, 0.5) is 5.69 Å². The van der Waals surface area contributed by atoms with E-state index >= 15 is 0 Å². The second-order valence-corrected chi connectivity index (χ2v) is 5.87. The van der Waals surface area contributed by atoms with Crippen molar-refractivity contribution >= 4 is 11.6 Å². The first kappa shape index (κ1) is 14.2. The van der Waals surface area contributed by atoms with Crippen molar-refractivity contribution in [2.24, 2.45) is 5.92 Å². The topological polar surface area (TPSA) is 50.8 Å². The van der Waals surface area contributed by atoms with E-state index in [9.17, 15) is 4.79 Å². The van der Waals surface area contributed by atoms with Crippen molar-refractivity contribution in [2.45, 2.75) is 19.8 Å². The monoisotopic (exact) mass is 290 g/mol. The molecule has 0 spiro atoms. The smallest absolute Gasteiger partial charge is 0.262 e. The Morgan fingerprint density at radius 3 is 3.00 bits per heavy atom. The van der Waals surface area contributed by atoms with E-state index in [4.69, 9.17) is 9.47 Å². The summed E-state index contributed by atoms with van der Waals surface area (Å²) >= 11 is 0. The Morgan fingerprint density at radius 2 is 2.19 bits per heavy atom. The van der Waals surface area contributed by atoms with Gasteiger partial charge in [0.2, 0.25) is 0 Å². The second-order valence-electron chi connectivity index (χ2n) is 5.87. The average Bonchev–Trinajstić information content (AvgIpc) is 2.49. The van der Waals surface area contributed by atoms with Crippen LogP contribution in [-0.2, 0) is 4.79 Å². The molecule has 1 fully saturated rings. The van der Waals surface area contributed by atoms with Crippen molar-refractivity contribution < 1.29 is 14.3 Å². The lowest BCUT2D eigenvalue weighted by molar-refractivity contribution is -0.118. The number of anilines is 1. The predicted molar refractivity (Wildman–Crippen MR) is 80.9 cm³/mol. The van der Waals surface area contributed by atoms with Crippen LogP contribution in [0.1, 0.15) is 19.8 Å². The molecule has 2 aliphatic rings. The van der Waals surface area contributed by atoms with Crippen molar-refractivity contribution in [1.82, 2.24) is 4.90 Å². The molecule has 0 saturated carbocycles. The van der Waals surface area contributed by atoms with Crippen LogP contribution in [0.2, 0.25) is 0 Å². The molecule has 0 aliphatic carbocycles. The summed E-state index contributed by atoms with van der Waals surface area (Å²) in [5.74, 6) is 2.21. The number of ether oxygens (including phenoxy) is 2. The molecular weight excluding hydrogens is 268 g/mol. The van der Waals surface area contributed by atoms with Crippen LogP contribution in [0, 0.1) is 5.92 Å². The molecule has 0 bridgehead atoms. The molecule has 0 unspecified atom stereocenters. The fourth-order valence-electron chi connectivity index (χ4n) is 2.72. The van der Waals surface area contributed by atoms with E-state index in [-0.39, 0.29) is 12.5 Å². The van der Waals surface area contributed by atoms with Gasteiger partial charge in [-0.05, 0) is 44.0 Å². The number of rotatable bonds is 4. The molecule has 0 atom stereocenters. The molecule has 2 aliphatic heterocycles. The van der Waals surface area contributed by atoms with Gasteiger partial charge < -0.3 is 14.8 Å². The van der Waals surface area contributed by atoms with Gasteiger partial charge in [-0.15, -0.1) is 0 Å². The van der Waals surface area contributed by atoms with E-state index in [1.807, 2.05) is 18.2 Å². The Morgan fingerprint density at radius 1 is 1.38 bits per heavy atom. The first-order valence-corrected chi connectivity index (χ1v) is 7.62. The molecule has 1 N–H and O–H groups in total. The van der Waals surface area contributed by atoms with Gasteiger partial charge in [0, 0.05) is 12.6 Å². The van der Waals surface area contributed by atoms with Crippen molar-refractivity contribution in [2.75, 3.05) is 38.2 Å². The van der Waals surface area contributed by atoms with E-state index in [0.717, 1.165) is 18.2 Å².